The molecule has 0 aliphatic rings. The Morgan fingerprint density at radius 2 is 1.26 bits per heavy atom. The molecule has 0 aliphatic carbocycles. The van der Waals surface area contributed by atoms with Crippen molar-refractivity contribution < 1.29 is 24.3 Å². The van der Waals surface area contributed by atoms with Gasteiger partial charge in [-0.25, -0.2) is 4.79 Å². The molecule has 0 rings (SSSR count). The van der Waals surface area contributed by atoms with Crippen LogP contribution in [0.4, 0.5) is 0 Å². The van der Waals surface area contributed by atoms with E-state index in [1.165, 1.54) is 11.8 Å². The van der Waals surface area contributed by atoms with Crippen molar-refractivity contribution in [2.75, 3.05) is 31.6 Å². The lowest BCUT2D eigenvalue weighted by Gasteiger charge is -2.24. The molecule has 200 valence electrons. The number of aliphatic imine (C=N–C) groups is 2. The molecule has 14 N–H and O–H groups in total. The summed E-state index contributed by atoms with van der Waals surface area (Å²) in [6.45, 7) is 0.0846. The minimum absolute atomic E-state index is 0.107. The monoisotopic (exact) mass is 518 g/mol. The van der Waals surface area contributed by atoms with Crippen molar-refractivity contribution in [3.8, 4) is 0 Å². The summed E-state index contributed by atoms with van der Waals surface area (Å²) in [7, 11) is 0. The fourth-order valence-electron chi connectivity index (χ4n) is 2.84. The molecule has 0 spiro atoms. The second-order valence-electron chi connectivity index (χ2n) is 7.46. The second-order valence-corrected chi connectivity index (χ2v) is 8.45. The molecule has 0 aromatic carbocycles. The van der Waals surface area contributed by atoms with Crippen LogP contribution in [0.5, 0.6) is 0 Å². The van der Waals surface area contributed by atoms with E-state index >= 15 is 0 Å². The highest BCUT2D eigenvalue weighted by molar-refractivity contribution is 7.98. The SMILES string of the molecule is CSCCC(NC(=O)C(CCCN=C(N)N)NC(=O)C(CCCN=C(N)N)NC(=O)CN)C(=O)O. The molecule has 0 bridgehead atoms. The minimum atomic E-state index is -1.19. The van der Waals surface area contributed by atoms with Gasteiger partial charge in [-0.05, 0) is 44.1 Å². The molecule has 0 heterocycles. The Hall–Kier alpha value is -3.27. The number of carbonyl (C=O) groups is 4. The van der Waals surface area contributed by atoms with E-state index in [2.05, 4.69) is 25.9 Å². The third-order valence-electron chi connectivity index (χ3n) is 4.59. The number of nitrogens with one attached hydrogen (secondary N) is 3. The quantitative estimate of drug-likeness (QED) is 0.0484. The Labute approximate surface area is 208 Å². The molecule has 0 aromatic rings. The molecule has 3 amide bonds. The van der Waals surface area contributed by atoms with Gasteiger partial charge in [-0.3, -0.25) is 24.4 Å². The smallest absolute Gasteiger partial charge is 0.326 e. The van der Waals surface area contributed by atoms with E-state index in [9.17, 15) is 24.3 Å². The highest BCUT2D eigenvalue weighted by Crippen LogP contribution is 2.06. The Morgan fingerprint density at radius 1 is 0.800 bits per heavy atom. The van der Waals surface area contributed by atoms with Crippen LogP contribution in [0.15, 0.2) is 9.98 Å². The first kappa shape index (κ1) is 31.7. The number of guanidine groups is 2. The summed E-state index contributed by atoms with van der Waals surface area (Å²) in [5, 5.41) is 17.0. The van der Waals surface area contributed by atoms with Crippen molar-refractivity contribution >= 4 is 47.4 Å². The highest BCUT2D eigenvalue weighted by atomic mass is 32.2. The van der Waals surface area contributed by atoms with Crippen LogP contribution in [0.3, 0.4) is 0 Å². The molecule has 3 unspecified atom stereocenters. The van der Waals surface area contributed by atoms with E-state index in [-0.39, 0.29) is 50.8 Å². The first-order chi connectivity index (χ1) is 16.5. The lowest BCUT2D eigenvalue weighted by atomic mass is 10.1. The van der Waals surface area contributed by atoms with Crippen molar-refractivity contribution in [1.82, 2.24) is 16.0 Å². The standard InChI is InChI=1S/C19H38N10O5S/c1-35-9-6-13(17(33)34)29-16(32)12(5-3-8-26-19(23)24)28-15(31)11(27-14(30)10-20)4-2-7-25-18(21)22/h11-13H,2-10,20H2,1H3,(H,27,30)(H,28,31)(H,29,32)(H,33,34)(H4,21,22,25)(H4,23,24,26). The number of thioether (sulfide) groups is 1. The number of nitrogens with zero attached hydrogens (tertiary/aromatic N) is 2. The maximum Gasteiger partial charge on any atom is 0.326 e. The van der Waals surface area contributed by atoms with E-state index in [4.69, 9.17) is 28.7 Å². The summed E-state index contributed by atoms with van der Waals surface area (Å²) < 4.78 is 0. The van der Waals surface area contributed by atoms with E-state index in [0.29, 0.717) is 18.6 Å². The van der Waals surface area contributed by atoms with Gasteiger partial charge in [-0.1, -0.05) is 0 Å². The van der Waals surface area contributed by atoms with Gasteiger partial charge in [0.05, 0.1) is 6.54 Å². The number of rotatable bonds is 18. The fourth-order valence-corrected chi connectivity index (χ4v) is 3.31. The topological polar surface area (TPSA) is 279 Å². The summed E-state index contributed by atoms with van der Waals surface area (Å²) in [5.74, 6) is -2.79. The van der Waals surface area contributed by atoms with Crippen molar-refractivity contribution in [2.45, 2.75) is 50.2 Å². The number of carboxylic acid groups (broad SMARTS) is 1. The fraction of sp³-hybridized carbons (Fsp3) is 0.684. The average Bonchev–Trinajstić information content (AvgIpc) is 2.79. The molecule has 0 saturated carbocycles. The zero-order valence-corrected chi connectivity index (χ0v) is 20.7. The van der Waals surface area contributed by atoms with Gasteiger partial charge in [0.25, 0.3) is 0 Å². The summed E-state index contributed by atoms with van der Waals surface area (Å²) in [6.07, 6.45) is 2.99. The number of amides is 3. The van der Waals surface area contributed by atoms with Crippen molar-refractivity contribution in [1.29, 1.82) is 0 Å². The van der Waals surface area contributed by atoms with Crippen LogP contribution in [-0.4, -0.2) is 90.5 Å². The average molecular weight is 519 g/mol. The third-order valence-corrected chi connectivity index (χ3v) is 5.23. The Kier molecular flexibility index (Phi) is 16.4. The van der Waals surface area contributed by atoms with Gasteiger partial charge in [0.2, 0.25) is 17.7 Å². The normalized spacial score (nSPS) is 13.0. The predicted octanol–water partition coefficient (Wildman–Crippen LogP) is -3.66. The first-order valence-corrected chi connectivity index (χ1v) is 12.3. The zero-order valence-electron chi connectivity index (χ0n) is 19.9. The number of nitrogens with two attached hydrogens (primary N) is 5. The summed E-state index contributed by atoms with van der Waals surface area (Å²) in [6, 6.07) is -3.23. The van der Waals surface area contributed by atoms with Gasteiger partial charge in [-0.15, -0.1) is 0 Å². The Morgan fingerprint density at radius 3 is 1.66 bits per heavy atom. The van der Waals surface area contributed by atoms with Gasteiger partial charge < -0.3 is 49.7 Å². The maximum atomic E-state index is 13.0. The van der Waals surface area contributed by atoms with Crippen LogP contribution >= 0.6 is 11.8 Å². The lowest BCUT2D eigenvalue weighted by Crippen LogP contribution is -2.56. The third kappa shape index (κ3) is 15.3. The van der Waals surface area contributed by atoms with Crippen molar-refractivity contribution in [3.05, 3.63) is 0 Å². The summed E-state index contributed by atoms with van der Waals surface area (Å²) in [4.78, 5) is 56.9. The van der Waals surface area contributed by atoms with Gasteiger partial charge in [0.1, 0.15) is 18.1 Å². The number of hydrogen-bond acceptors (Lipinski definition) is 8. The molecular formula is C19H38N10O5S. The molecule has 0 radical (unpaired) electrons. The number of carbonyl (C=O) groups excluding carboxylic acids is 3. The second kappa shape index (κ2) is 18.1. The van der Waals surface area contributed by atoms with E-state index in [1.54, 1.807) is 0 Å². The van der Waals surface area contributed by atoms with Gasteiger partial charge >= 0.3 is 5.97 Å². The van der Waals surface area contributed by atoms with Crippen molar-refractivity contribution in [2.24, 2.45) is 38.7 Å². The molecule has 16 heteroatoms. The summed E-state index contributed by atoms with van der Waals surface area (Å²) in [5.41, 5.74) is 26.5. The molecule has 0 aromatic heterocycles. The number of aliphatic carboxylic acids is 1. The Balaban J connectivity index is 5.49. The lowest BCUT2D eigenvalue weighted by molar-refractivity contribution is -0.142. The van der Waals surface area contributed by atoms with Crippen LogP contribution in [0.1, 0.15) is 32.1 Å². The predicted molar refractivity (Wildman–Crippen MR) is 135 cm³/mol. The van der Waals surface area contributed by atoms with Crippen LogP contribution in [0.2, 0.25) is 0 Å². The maximum absolute atomic E-state index is 13.0. The summed E-state index contributed by atoms with van der Waals surface area (Å²) >= 11 is 1.44. The van der Waals surface area contributed by atoms with Crippen LogP contribution in [-0.2, 0) is 19.2 Å². The molecule has 35 heavy (non-hydrogen) atoms. The number of hydrogen-bond donors (Lipinski definition) is 9. The van der Waals surface area contributed by atoms with E-state index < -0.39 is 41.8 Å². The van der Waals surface area contributed by atoms with E-state index in [1.807, 2.05) is 6.26 Å². The van der Waals surface area contributed by atoms with Crippen molar-refractivity contribution in [3.63, 3.8) is 0 Å². The first-order valence-electron chi connectivity index (χ1n) is 10.9. The van der Waals surface area contributed by atoms with Gasteiger partial charge in [0, 0.05) is 13.1 Å². The number of carboxylic acids is 1. The van der Waals surface area contributed by atoms with Crippen LogP contribution < -0.4 is 44.6 Å². The zero-order chi connectivity index (χ0) is 26.8. The molecule has 0 saturated heterocycles. The van der Waals surface area contributed by atoms with E-state index in [0.717, 1.165) is 0 Å². The van der Waals surface area contributed by atoms with Gasteiger partial charge in [-0.2, -0.15) is 11.8 Å². The molecule has 3 atom stereocenters. The molecule has 0 fully saturated rings. The van der Waals surface area contributed by atoms with Crippen LogP contribution in [0, 0.1) is 0 Å². The largest absolute Gasteiger partial charge is 0.480 e. The van der Waals surface area contributed by atoms with Crippen LogP contribution in [0.25, 0.3) is 0 Å². The minimum Gasteiger partial charge on any atom is -0.480 e. The Bertz CT molecular complexity index is 756. The molecule has 0 aliphatic heterocycles. The molecule has 15 nitrogen and oxygen atoms in total. The highest BCUT2D eigenvalue weighted by Gasteiger charge is 2.29. The van der Waals surface area contributed by atoms with Gasteiger partial charge in [0.15, 0.2) is 11.9 Å². The molecular weight excluding hydrogens is 480 g/mol.